The van der Waals surface area contributed by atoms with E-state index in [-0.39, 0.29) is 12.3 Å². The van der Waals surface area contributed by atoms with Gasteiger partial charge in [0.1, 0.15) is 6.04 Å². The Labute approximate surface area is 196 Å². The lowest BCUT2D eigenvalue weighted by molar-refractivity contribution is -0.149. The molecular formula is C22H40N2O7S. The molecule has 0 spiro atoms. The molecule has 186 valence electrons. The lowest BCUT2D eigenvalue weighted by Gasteiger charge is -2.25. The predicted octanol–water partition coefficient (Wildman–Crippen LogP) is 3.03. The summed E-state index contributed by atoms with van der Waals surface area (Å²) in [6.45, 7) is -0.901. The number of carboxylic acids is 3. The molecule has 4 N–H and O–H groups in total. The van der Waals surface area contributed by atoms with Crippen molar-refractivity contribution >= 4 is 36.4 Å². The molecule has 0 aliphatic heterocycles. The van der Waals surface area contributed by atoms with Crippen molar-refractivity contribution in [2.45, 2.75) is 89.5 Å². The predicted molar refractivity (Wildman–Crippen MR) is 125 cm³/mol. The van der Waals surface area contributed by atoms with Crippen LogP contribution in [0.5, 0.6) is 0 Å². The Bertz CT molecular complexity index is 544. The average Bonchev–Trinajstić information content (AvgIpc) is 2.70. The Kier molecular flexibility index (Phi) is 18.7. The first-order chi connectivity index (χ1) is 15.3. The Morgan fingerprint density at radius 1 is 0.719 bits per heavy atom. The lowest BCUT2D eigenvalue weighted by atomic mass is 10.1. The molecule has 0 aliphatic rings. The zero-order valence-corrected chi connectivity index (χ0v) is 19.9. The van der Waals surface area contributed by atoms with E-state index in [2.05, 4.69) is 17.9 Å². The summed E-state index contributed by atoms with van der Waals surface area (Å²) in [5.74, 6) is -2.88. The number of unbranched alkanes of at least 4 members (excludes halogenated alkanes) is 9. The van der Waals surface area contributed by atoms with Crippen LogP contribution in [-0.2, 0) is 19.2 Å². The standard InChI is InChI=1S/C22H40N2O7S/c25-19(13-8-6-4-2-1-3-5-7-11-15-32)23-14-10-9-12-18(22(30)31)24(16-20(26)27)17-21(28)29/h18,32H,1-17H2,(H,23,25)(H,26,27)(H,28,29)(H,30,31)/t18-/m0/s1. The van der Waals surface area contributed by atoms with E-state index >= 15 is 0 Å². The molecule has 0 saturated heterocycles. The fourth-order valence-corrected chi connectivity index (χ4v) is 3.72. The minimum absolute atomic E-state index is 0.0232. The molecule has 1 amide bonds. The number of rotatable bonds is 22. The van der Waals surface area contributed by atoms with Crippen LogP contribution < -0.4 is 5.32 Å². The number of hydrogen-bond donors (Lipinski definition) is 5. The van der Waals surface area contributed by atoms with Crippen LogP contribution in [-0.4, -0.2) is 75.5 Å². The number of carbonyl (C=O) groups excluding carboxylic acids is 1. The van der Waals surface area contributed by atoms with Crippen LogP contribution in [0.15, 0.2) is 0 Å². The molecule has 0 radical (unpaired) electrons. The number of aliphatic carboxylic acids is 3. The molecule has 0 aliphatic carbocycles. The van der Waals surface area contributed by atoms with Crippen molar-refractivity contribution in [3.05, 3.63) is 0 Å². The fourth-order valence-electron chi connectivity index (χ4n) is 3.50. The van der Waals surface area contributed by atoms with Crippen LogP contribution in [0, 0.1) is 0 Å². The maximum absolute atomic E-state index is 11.9. The monoisotopic (exact) mass is 476 g/mol. The van der Waals surface area contributed by atoms with Gasteiger partial charge in [0, 0.05) is 13.0 Å². The molecule has 0 bridgehead atoms. The number of nitrogens with one attached hydrogen (secondary N) is 1. The maximum Gasteiger partial charge on any atom is 0.320 e. The smallest absolute Gasteiger partial charge is 0.320 e. The summed E-state index contributed by atoms with van der Waals surface area (Å²) in [5.41, 5.74) is 0. The van der Waals surface area contributed by atoms with Gasteiger partial charge in [0.05, 0.1) is 13.1 Å². The van der Waals surface area contributed by atoms with E-state index in [9.17, 15) is 24.3 Å². The summed E-state index contributed by atoms with van der Waals surface area (Å²) in [7, 11) is 0. The third-order valence-electron chi connectivity index (χ3n) is 5.19. The molecule has 0 rings (SSSR count). The summed E-state index contributed by atoms with van der Waals surface area (Å²) in [6.07, 6.45) is 12.0. The molecule has 1 atom stereocenters. The van der Waals surface area contributed by atoms with Gasteiger partial charge in [-0.1, -0.05) is 44.9 Å². The first-order valence-corrected chi connectivity index (χ1v) is 12.2. The van der Waals surface area contributed by atoms with Crippen LogP contribution in [0.4, 0.5) is 0 Å². The molecule has 0 heterocycles. The minimum atomic E-state index is -1.28. The van der Waals surface area contributed by atoms with E-state index < -0.39 is 37.0 Å². The SMILES string of the molecule is O=C(O)CN(CC(=O)O)[C@@H](CCCCNC(=O)CCCCCCCCCCCS)C(=O)O. The topological polar surface area (TPSA) is 144 Å². The van der Waals surface area contributed by atoms with Gasteiger partial charge in [-0.15, -0.1) is 0 Å². The van der Waals surface area contributed by atoms with E-state index in [0.717, 1.165) is 29.9 Å². The highest BCUT2D eigenvalue weighted by molar-refractivity contribution is 7.80. The molecule has 0 aromatic heterocycles. The Morgan fingerprint density at radius 2 is 1.22 bits per heavy atom. The zero-order valence-electron chi connectivity index (χ0n) is 19.0. The fraction of sp³-hybridized carbons (Fsp3) is 0.818. The van der Waals surface area contributed by atoms with Crippen molar-refractivity contribution in [2.75, 3.05) is 25.4 Å². The molecule has 32 heavy (non-hydrogen) atoms. The average molecular weight is 477 g/mol. The van der Waals surface area contributed by atoms with Crippen molar-refractivity contribution in [3.8, 4) is 0 Å². The van der Waals surface area contributed by atoms with E-state index in [0.29, 0.717) is 25.8 Å². The molecule has 0 unspecified atom stereocenters. The highest BCUT2D eigenvalue weighted by Crippen LogP contribution is 2.12. The highest BCUT2D eigenvalue weighted by atomic mass is 32.1. The largest absolute Gasteiger partial charge is 0.480 e. The second-order valence-electron chi connectivity index (χ2n) is 8.05. The van der Waals surface area contributed by atoms with Crippen molar-refractivity contribution in [1.82, 2.24) is 10.2 Å². The number of nitrogens with zero attached hydrogens (tertiary/aromatic N) is 1. The van der Waals surface area contributed by atoms with Crippen molar-refractivity contribution in [3.63, 3.8) is 0 Å². The Balaban J connectivity index is 3.90. The van der Waals surface area contributed by atoms with Crippen molar-refractivity contribution < 1.29 is 34.5 Å². The van der Waals surface area contributed by atoms with Gasteiger partial charge in [0.25, 0.3) is 0 Å². The number of carbonyl (C=O) groups is 4. The zero-order chi connectivity index (χ0) is 24.2. The lowest BCUT2D eigenvalue weighted by Crippen LogP contribution is -2.46. The van der Waals surface area contributed by atoms with Gasteiger partial charge < -0.3 is 20.6 Å². The van der Waals surface area contributed by atoms with E-state index in [1.54, 1.807) is 0 Å². The van der Waals surface area contributed by atoms with E-state index in [1.165, 1.54) is 38.5 Å². The minimum Gasteiger partial charge on any atom is -0.480 e. The molecule has 9 nitrogen and oxygen atoms in total. The third kappa shape index (κ3) is 17.8. The molecule has 0 aromatic carbocycles. The normalized spacial score (nSPS) is 11.9. The molecule has 0 fully saturated rings. The van der Waals surface area contributed by atoms with Gasteiger partial charge in [-0.05, 0) is 37.9 Å². The first-order valence-electron chi connectivity index (χ1n) is 11.6. The second kappa shape index (κ2) is 19.8. The van der Waals surface area contributed by atoms with Crippen LogP contribution >= 0.6 is 12.6 Å². The van der Waals surface area contributed by atoms with Gasteiger partial charge in [-0.25, -0.2) is 0 Å². The quantitative estimate of drug-likeness (QED) is 0.118. The first kappa shape index (κ1) is 30.2. The van der Waals surface area contributed by atoms with Crippen LogP contribution in [0.1, 0.15) is 83.5 Å². The summed E-state index contributed by atoms with van der Waals surface area (Å²) in [5, 5.41) is 29.9. The molecule has 0 saturated carbocycles. The summed E-state index contributed by atoms with van der Waals surface area (Å²) >= 11 is 4.20. The third-order valence-corrected chi connectivity index (χ3v) is 5.51. The van der Waals surface area contributed by atoms with Crippen LogP contribution in [0.25, 0.3) is 0 Å². The summed E-state index contributed by atoms with van der Waals surface area (Å²) in [4.78, 5) is 46.1. The Morgan fingerprint density at radius 3 is 1.69 bits per heavy atom. The molecule has 0 aromatic rings. The summed E-state index contributed by atoms with van der Waals surface area (Å²) < 4.78 is 0. The highest BCUT2D eigenvalue weighted by Gasteiger charge is 2.28. The van der Waals surface area contributed by atoms with Gasteiger partial charge in [-0.3, -0.25) is 24.1 Å². The molecular weight excluding hydrogens is 436 g/mol. The second-order valence-corrected chi connectivity index (χ2v) is 8.50. The van der Waals surface area contributed by atoms with Gasteiger partial charge >= 0.3 is 17.9 Å². The van der Waals surface area contributed by atoms with Crippen molar-refractivity contribution in [1.29, 1.82) is 0 Å². The maximum atomic E-state index is 11.9. The molecule has 10 heteroatoms. The number of hydrogen-bond acceptors (Lipinski definition) is 6. The number of carboxylic acid groups (broad SMARTS) is 3. The van der Waals surface area contributed by atoms with Crippen molar-refractivity contribution in [2.24, 2.45) is 0 Å². The van der Waals surface area contributed by atoms with Gasteiger partial charge in [0.2, 0.25) is 5.91 Å². The Hall–Kier alpha value is -1.81. The van der Waals surface area contributed by atoms with E-state index in [1.807, 2.05) is 0 Å². The van der Waals surface area contributed by atoms with Crippen LogP contribution in [0.3, 0.4) is 0 Å². The van der Waals surface area contributed by atoms with Gasteiger partial charge in [-0.2, -0.15) is 12.6 Å². The van der Waals surface area contributed by atoms with E-state index in [4.69, 9.17) is 10.2 Å². The number of amides is 1. The van der Waals surface area contributed by atoms with Gasteiger partial charge in [0.15, 0.2) is 0 Å². The van der Waals surface area contributed by atoms with Crippen LogP contribution in [0.2, 0.25) is 0 Å². The number of thiol groups is 1. The summed E-state index contributed by atoms with van der Waals surface area (Å²) in [6, 6.07) is -1.19.